The van der Waals surface area contributed by atoms with E-state index in [0.29, 0.717) is 5.02 Å². The molecule has 1 aromatic heterocycles. The van der Waals surface area contributed by atoms with E-state index in [1.165, 1.54) is 0 Å². The van der Waals surface area contributed by atoms with Crippen LogP contribution in [0.4, 0.5) is 0 Å². The third-order valence-corrected chi connectivity index (χ3v) is 4.58. The van der Waals surface area contributed by atoms with E-state index in [-0.39, 0.29) is 6.04 Å². The Morgan fingerprint density at radius 3 is 2.70 bits per heavy atom. The Balaban J connectivity index is 2.49. The molecule has 0 aliphatic rings. The molecule has 4 nitrogen and oxygen atoms in total. The molecule has 0 saturated heterocycles. The molecule has 0 aliphatic heterocycles. The lowest BCUT2D eigenvalue weighted by atomic mass is 10.1. The molecule has 2 aromatic rings. The van der Waals surface area contributed by atoms with E-state index >= 15 is 0 Å². The molecule has 1 unspecified atom stereocenters. The predicted octanol–water partition coefficient (Wildman–Crippen LogP) is 3.92. The first-order chi connectivity index (χ1) is 9.62. The van der Waals surface area contributed by atoms with Crippen molar-refractivity contribution in [2.75, 3.05) is 7.05 Å². The summed E-state index contributed by atoms with van der Waals surface area (Å²) in [6.07, 6.45) is 1.85. The van der Waals surface area contributed by atoms with Crippen LogP contribution in [-0.4, -0.2) is 22.0 Å². The van der Waals surface area contributed by atoms with E-state index in [2.05, 4.69) is 45.4 Å². The van der Waals surface area contributed by atoms with Crippen LogP contribution in [0.25, 0.3) is 5.69 Å². The van der Waals surface area contributed by atoms with Crippen LogP contribution < -0.4 is 5.32 Å². The van der Waals surface area contributed by atoms with Gasteiger partial charge in [0.25, 0.3) is 0 Å². The summed E-state index contributed by atoms with van der Waals surface area (Å²) >= 11 is 9.49. The summed E-state index contributed by atoms with van der Waals surface area (Å²) in [6.45, 7) is 4.25. The zero-order valence-corrected chi connectivity index (χ0v) is 14.2. The molecule has 0 aliphatic carbocycles. The summed E-state index contributed by atoms with van der Waals surface area (Å²) in [6, 6.07) is 6.00. The highest BCUT2D eigenvalue weighted by atomic mass is 79.9. The zero-order chi connectivity index (χ0) is 14.7. The fourth-order valence-electron chi connectivity index (χ4n) is 2.27. The molecule has 0 fully saturated rings. The van der Waals surface area contributed by atoms with Crippen LogP contribution in [0.1, 0.15) is 37.7 Å². The fraction of sp³-hybridized carbons (Fsp3) is 0.429. The minimum atomic E-state index is 0.231. The van der Waals surface area contributed by atoms with Crippen molar-refractivity contribution >= 4 is 27.5 Å². The SMILES string of the molecule is CCc1c(C(CC)NC)nnn1-c1ccc(Cl)c(Br)c1. The Morgan fingerprint density at radius 1 is 1.40 bits per heavy atom. The van der Waals surface area contributed by atoms with Gasteiger partial charge in [-0.3, -0.25) is 0 Å². The largest absolute Gasteiger partial charge is 0.312 e. The van der Waals surface area contributed by atoms with Crippen LogP contribution >= 0.6 is 27.5 Å². The van der Waals surface area contributed by atoms with Gasteiger partial charge in [0.1, 0.15) is 5.69 Å². The summed E-state index contributed by atoms with van der Waals surface area (Å²) in [5, 5.41) is 12.6. The maximum atomic E-state index is 6.04. The highest BCUT2D eigenvalue weighted by molar-refractivity contribution is 9.10. The number of hydrogen-bond acceptors (Lipinski definition) is 3. The Bertz CT molecular complexity index is 593. The van der Waals surface area contributed by atoms with Crippen molar-refractivity contribution in [2.24, 2.45) is 0 Å². The van der Waals surface area contributed by atoms with Gasteiger partial charge < -0.3 is 5.32 Å². The second-order valence-electron chi connectivity index (χ2n) is 4.53. The van der Waals surface area contributed by atoms with Crippen LogP contribution in [0.5, 0.6) is 0 Å². The minimum absolute atomic E-state index is 0.231. The molecule has 1 aromatic carbocycles. The summed E-state index contributed by atoms with van der Waals surface area (Å²) in [4.78, 5) is 0. The van der Waals surface area contributed by atoms with Crippen molar-refractivity contribution < 1.29 is 0 Å². The Morgan fingerprint density at radius 2 is 2.15 bits per heavy atom. The lowest BCUT2D eigenvalue weighted by Gasteiger charge is -2.13. The monoisotopic (exact) mass is 356 g/mol. The first-order valence-corrected chi connectivity index (χ1v) is 7.86. The molecule has 0 amide bonds. The highest BCUT2D eigenvalue weighted by Crippen LogP contribution is 2.27. The fourth-order valence-corrected chi connectivity index (χ4v) is 2.76. The summed E-state index contributed by atoms with van der Waals surface area (Å²) in [5.41, 5.74) is 3.10. The van der Waals surface area contributed by atoms with Crippen LogP contribution in [0, 0.1) is 0 Å². The van der Waals surface area contributed by atoms with Crippen molar-refractivity contribution in [3.8, 4) is 5.69 Å². The van der Waals surface area contributed by atoms with Gasteiger partial charge in [-0.1, -0.05) is 30.7 Å². The van der Waals surface area contributed by atoms with Crippen LogP contribution in [0.3, 0.4) is 0 Å². The number of hydrogen-bond donors (Lipinski definition) is 1. The average Bonchev–Trinajstić information content (AvgIpc) is 2.87. The average molecular weight is 358 g/mol. The number of benzene rings is 1. The zero-order valence-electron chi connectivity index (χ0n) is 11.8. The Hall–Kier alpha value is -0.910. The number of nitrogens with one attached hydrogen (secondary N) is 1. The van der Waals surface area contributed by atoms with Crippen molar-refractivity contribution in [3.63, 3.8) is 0 Å². The molecule has 0 spiro atoms. The minimum Gasteiger partial charge on any atom is -0.312 e. The second kappa shape index (κ2) is 6.70. The molecule has 20 heavy (non-hydrogen) atoms. The Kier molecular flexibility index (Phi) is 5.18. The van der Waals surface area contributed by atoms with E-state index in [0.717, 1.165) is 34.4 Å². The summed E-state index contributed by atoms with van der Waals surface area (Å²) < 4.78 is 2.74. The molecule has 2 rings (SSSR count). The maximum Gasteiger partial charge on any atom is 0.103 e. The third kappa shape index (κ3) is 2.90. The molecule has 0 bridgehead atoms. The van der Waals surface area contributed by atoms with E-state index in [1.54, 1.807) is 0 Å². The second-order valence-corrected chi connectivity index (χ2v) is 5.80. The van der Waals surface area contributed by atoms with Crippen LogP contribution in [-0.2, 0) is 6.42 Å². The molecule has 1 atom stereocenters. The van der Waals surface area contributed by atoms with Gasteiger partial charge in [-0.05, 0) is 54.0 Å². The van der Waals surface area contributed by atoms with Gasteiger partial charge in [-0.15, -0.1) is 5.10 Å². The van der Waals surface area contributed by atoms with Gasteiger partial charge in [0.15, 0.2) is 0 Å². The highest BCUT2D eigenvalue weighted by Gasteiger charge is 2.19. The van der Waals surface area contributed by atoms with E-state index in [1.807, 2.05) is 29.9 Å². The topological polar surface area (TPSA) is 42.7 Å². The lowest BCUT2D eigenvalue weighted by Crippen LogP contribution is -2.17. The first kappa shape index (κ1) is 15.5. The van der Waals surface area contributed by atoms with Gasteiger partial charge in [-0.2, -0.15) is 0 Å². The van der Waals surface area contributed by atoms with Crippen LogP contribution in [0.2, 0.25) is 5.02 Å². The third-order valence-electron chi connectivity index (χ3n) is 3.36. The van der Waals surface area contributed by atoms with Gasteiger partial charge in [-0.25, -0.2) is 4.68 Å². The molecular weight excluding hydrogens is 340 g/mol. The molecule has 0 saturated carbocycles. The number of aromatic nitrogens is 3. The molecule has 1 heterocycles. The van der Waals surface area contributed by atoms with Crippen molar-refractivity contribution in [1.82, 2.24) is 20.3 Å². The van der Waals surface area contributed by atoms with Gasteiger partial charge >= 0.3 is 0 Å². The maximum absolute atomic E-state index is 6.04. The van der Waals surface area contributed by atoms with Crippen molar-refractivity contribution in [3.05, 3.63) is 39.1 Å². The van der Waals surface area contributed by atoms with E-state index in [9.17, 15) is 0 Å². The van der Waals surface area contributed by atoms with E-state index < -0.39 is 0 Å². The molecular formula is C14H18BrClN4. The van der Waals surface area contributed by atoms with Crippen molar-refractivity contribution in [2.45, 2.75) is 32.7 Å². The van der Waals surface area contributed by atoms with Gasteiger partial charge in [0.2, 0.25) is 0 Å². The van der Waals surface area contributed by atoms with Gasteiger partial charge in [0, 0.05) is 4.47 Å². The molecule has 0 radical (unpaired) electrons. The number of rotatable bonds is 5. The first-order valence-electron chi connectivity index (χ1n) is 6.69. The molecule has 1 N–H and O–H groups in total. The van der Waals surface area contributed by atoms with Crippen molar-refractivity contribution in [1.29, 1.82) is 0 Å². The molecule has 108 valence electrons. The quantitative estimate of drug-likeness (QED) is 0.882. The Labute approximate surface area is 132 Å². The molecule has 6 heteroatoms. The predicted molar refractivity (Wildman–Crippen MR) is 85.5 cm³/mol. The smallest absolute Gasteiger partial charge is 0.103 e. The number of halogens is 2. The standard InChI is InChI=1S/C14H18BrClN4/c1-4-12(17-3)14-13(5-2)20(19-18-14)9-6-7-11(16)10(15)8-9/h6-8,12,17H,4-5H2,1-3H3. The summed E-state index contributed by atoms with van der Waals surface area (Å²) in [7, 11) is 1.95. The van der Waals surface area contributed by atoms with Gasteiger partial charge in [0.05, 0.1) is 22.4 Å². The number of nitrogens with zero attached hydrogens (tertiary/aromatic N) is 3. The van der Waals surface area contributed by atoms with Crippen LogP contribution in [0.15, 0.2) is 22.7 Å². The lowest BCUT2D eigenvalue weighted by molar-refractivity contribution is 0.555. The van der Waals surface area contributed by atoms with E-state index in [4.69, 9.17) is 11.6 Å². The summed E-state index contributed by atoms with van der Waals surface area (Å²) in [5.74, 6) is 0. The normalized spacial score (nSPS) is 12.7.